The second-order valence-electron chi connectivity index (χ2n) is 7.95. The maximum atomic E-state index is 13.6. The molecule has 1 aliphatic heterocycles. The lowest BCUT2D eigenvalue weighted by Gasteiger charge is -2.33. The summed E-state index contributed by atoms with van der Waals surface area (Å²) < 4.78 is 25.1. The molecule has 0 saturated carbocycles. The van der Waals surface area contributed by atoms with Crippen molar-refractivity contribution in [2.75, 3.05) is 13.1 Å². The monoisotopic (exact) mass is 406 g/mol. The van der Waals surface area contributed by atoms with Crippen molar-refractivity contribution < 1.29 is 13.3 Å². The first-order valence-electron chi connectivity index (χ1n) is 10.3. The lowest BCUT2D eigenvalue weighted by Crippen LogP contribution is -2.36. The van der Waals surface area contributed by atoms with Gasteiger partial charge >= 0.3 is 0 Å². The van der Waals surface area contributed by atoms with E-state index >= 15 is 0 Å². The first-order chi connectivity index (χ1) is 14.6. The Morgan fingerprint density at radius 1 is 1.17 bits per heavy atom. The smallest absolute Gasteiger partial charge is 0.244 e. The molecule has 4 aromatic rings. The van der Waals surface area contributed by atoms with Crippen molar-refractivity contribution in [3.63, 3.8) is 0 Å². The molecule has 2 aromatic carbocycles. The number of aromatic nitrogens is 3. The van der Waals surface area contributed by atoms with Gasteiger partial charge < -0.3 is 8.94 Å². The minimum absolute atomic E-state index is 0.0278. The highest BCUT2D eigenvalue weighted by Gasteiger charge is 2.30. The number of para-hydroxylation sites is 2. The van der Waals surface area contributed by atoms with Gasteiger partial charge in [-0.2, -0.15) is 4.98 Å². The van der Waals surface area contributed by atoms with Crippen molar-refractivity contribution in [3.8, 4) is 11.4 Å². The second kappa shape index (κ2) is 7.65. The molecule has 0 aliphatic carbocycles. The Kier molecular flexibility index (Phi) is 4.83. The molecule has 6 nitrogen and oxygen atoms in total. The lowest BCUT2D eigenvalue weighted by molar-refractivity contribution is 0.126. The number of oxazole rings is 1. The third kappa shape index (κ3) is 3.50. The third-order valence-electron chi connectivity index (χ3n) is 5.88. The summed E-state index contributed by atoms with van der Waals surface area (Å²) in [6, 6.07) is 12.7. The number of benzene rings is 2. The predicted molar refractivity (Wildman–Crippen MR) is 110 cm³/mol. The van der Waals surface area contributed by atoms with Gasteiger partial charge in [0.15, 0.2) is 11.5 Å². The Morgan fingerprint density at radius 3 is 2.87 bits per heavy atom. The van der Waals surface area contributed by atoms with Crippen LogP contribution in [-0.2, 0) is 0 Å². The number of aryl methyl sites for hydroxylation is 1. The zero-order valence-electron chi connectivity index (χ0n) is 17.0. The highest BCUT2D eigenvalue weighted by molar-refractivity contribution is 5.72. The molecular formula is C23H23FN4O2. The molecule has 0 radical (unpaired) electrons. The molecule has 0 amide bonds. The number of rotatable bonds is 4. The number of likely N-dealkylation sites (tertiary alicyclic amines) is 1. The SMILES string of the molecule is Cc1cc(-c2noc(C(C)N3CCCC(c4nc5ccccc5o4)C3)n2)ccc1F. The zero-order valence-corrected chi connectivity index (χ0v) is 17.0. The van der Waals surface area contributed by atoms with Gasteiger partial charge in [0.1, 0.15) is 11.3 Å². The Hall–Kier alpha value is -3.06. The molecule has 2 atom stereocenters. The van der Waals surface area contributed by atoms with Gasteiger partial charge in [0.2, 0.25) is 11.7 Å². The Bertz CT molecular complexity index is 1150. The lowest BCUT2D eigenvalue weighted by atomic mass is 9.97. The van der Waals surface area contributed by atoms with Crippen LogP contribution in [0.4, 0.5) is 4.39 Å². The van der Waals surface area contributed by atoms with Gasteiger partial charge in [0, 0.05) is 18.0 Å². The summed E-state index contributed by atoms with van der Waals surface area (Å²) >= 11 is 0. The van der Waals surface area contributed by atoms with Gasteiger partial charge in [-0.25, -0.2) is 9.37 Å². The van der Waals surface area contributed by atoms with E-state index in [0.717, 1.165) is 48.5 Å². The van der Waals surface area contributed by atoms with E-state index in [1.807, 2.05) is 24.3 Å². The summed E-state index contributed by atoms with van der Waals surface area (Å²) in [6.07, 6.45) is 2.09. The molecule has 7 heteroatoms. The zero-order chi connectivity index (χ0) is 20.7. The van der Waals surface area contributed by atoms with Crippen LogP contribution < -0.4 is 0 Å². The van der Waals surface area contributed by atoms with Crippen molar-refractivity contribution in [3.05, 3.63) is 65.6 Å². The first kappa shape index (κ1) is 18.9. The number of piperidine rings is 1. The molecule has 1 fully saturated rings. The number of nitrogens with zero attached hydrogens (tertiary/aromatic N) is 4. The average Bonchev–Trinajstić information content (AvgIpc) is 3.43. The van der Waals surface area contributed by atoms with Crippen LogP contribution in [-0.4, -0.2) is 33.1 Å². The molecule has 2 aromatic heterocycles. The van der Waals surface area contributed by atoms with E-state index in [2.05, 4.69) is 26.9 Å². The fourth-order valence-electron chi connectivity index (χ4n) is 4.09. The maximum Gasteiger partial charge on any atom is 0.244 e. The maximum absolute atomic E-state index is 13.6. The summed E-state index contributed by atoms with van der Waals surface area (Å²) in [5, 5.41) is 4.11. The fourth-order valence-corrected chi connectivity index (χ4v) is 4.09. The van der Waals surface area contributed by atoms with E-state index in [4.69, 9.17) is 8.94 Å². The van der Waals surface area contributed by atoms with Crippen molar-refractivity contribution in [1.29, 1.82) is 0 Å². The topological polar surface area (TPSA) is 68.2 Å². The van der Waals surface area contributed by atoms with Gasteiger partial charge in [0.25, 0.3) is 0 Å². The highest BCUT2D eigenvalue weighted by atomic mass is 19.1. The molecule has 5 rings (SSSR count). The van der Waals surface area contributed by atoms with Crippen molar-refractivity contribution in [2.45, 2.75) is 38.6 Å². The van der Waals surface area contributed by atoms with Crippen LogP contribution in [0.5, 0.6) is 0 Å². The molecule has 0 bridgehead atoms. The van der Waals surface area contributed by atoms with E-state index < -0.39 is 0 Å². The summed E-state index contributed by atoms with van der Waals surface area (Å²) in [4.78, 5) is 11.6. The first-order valence-corrected chi connectivity index (χ1v) is 10.3. The second-order valence-corrected chi connectivity index (χ2v) is 7.95. The molecule has 1 saturated heterocycles. The number of hydrogen-bond acceptors (Lipinski definition) is 6. The van der Waals surface area contributed by atoms with Gasteiger partial charge in [-0.3, -0.25) is 4.90 Å². The van der Waals surface area contributed by atoms with Crippen molar-refractivity contribution in [1.82, 2.24) is 20.0 Å². The van der Waals surface area contributed by atoms with E-state index in [1.54, 1.807) is 19.1 Å². The number of fused-ring (bicyclic) bond motifs is 1. The van der Waals surface area contributed by atoms with Crippen molar-refractivity contribution in [2.24, 2.45) is 0 Å². The van der Waals surface area contributed by atoms with Crippen LogP contribution in [0, 0.1) is 12.7 Å². The average molecular weight is 406 g/mol. The molecule has 30 heavy (non-hydrogen) atoms. The Labute approximate surface area is 173 Å². The minimum Gasteiger partial charge on any atom is -0.440 e. The van der Waals surface area contributed by atoms with Crippen LogP contribution in [0.15, 0.2) is 51.4 Å². The molecular weight excluding hydrogens is 383 g/mol. The third-order valence-corrected chi connectivity index (χ3v) is 5.88. The van der Waals surface area contributed by atoms with Crippen LogP contribution in [0.25, 0.3) is 22.5 Å². The molecule has 0 spiro atoms. The van der Waals surface area contributed by atoms with Crippen LogP contribution in [0.1, 0.15) is 49.1 Å². The standard InChI is InChI=1S/C23H23FN4O2/c1-14-12-16(9-10-18(14)24)21-26-22(30-27-21)15(2)28-11-5-6-17(13-28)23-25-19-7-3-4-8-20(19)29-23/h3-4,7-10,12,15,17H,5-6,11,13H2,1-2H3. The van der Waals surface area contributed by atoms with Gasteiger partial charge in [0.05, 0.1) is 6.04 Å². The molecule has 2 unspecified atom stereocenters. The van der Waals surface area contributed by atoms with Gasteiger partial charge in [-0.15, -0.1) is 0 Å². The Balaban J connectivity index is 1.34. The number of halogens is 1. The highest BCUT2D eigenvalue weighted by Crippen LogP contribution is 2.33. The van der Waals surface area contributed by atoms with Crippen LogP contribution in [0.2, 0.25) is 0 Å². The minimum atomic E-state index is -0.241. The molecule has 154 valence electrons. The molecule has 1 aliphatic rings. The van der Waals surface area contributed by atoms with E-state index in [-0.39, 0.29) is 17.8 Å². The predicted octanol–water partition coefficient (Wildman–Crippen LogP) is 5.27. The quantitative estimate of drug-likeness (QED) is 0.460. The van der Waals surface area contributed by atoms with E-state index in [1.165, 1.54) is 6.07 Å². The normalized spacial score (nSPS) is 18.7. The summed E-state index contributed by atoms with van der Waals surface area (Å²) in [6.45, 7) is 5.57. The van der Waals surface area contributed by atoms with Crippen LogP contribution >= 0.6 is 0 Å². The van der Waals surface area contributed by atoms with E-state index in [9.17, 15) is 4.39 Å². The summed E-state index contributed by atoms with van der Waals surface area (Å²) in [7, 11) is 0. The molecule has 0 N–H and O–H groups in total. The van der Waals surface area contributed by atoms with Crippen LogP contribution in [0.3, 0.4) is 0 Å². The fraction of sp³-hybridized carbons (Fsp3) is 0.348. The summed E-state index contributed by atoms with van der Waals surface area (Å²) in [5.74, 6) is 1.82. The molecule has 3 heterocycles. The van der Waals surface area contributed by atoms with Crippen molar-refractivity contribution >= 4 is 11.1 Å². The van der Waals surface area contributed by atoms with E-state index in [0.29, 0.717) is 17.3 Å². The van der Waals surface area contributed by atoms with Gasteiger partial charge in [-0.1, -0.05) is 17.3 Å². The largest absolute Gasteiger partial charge is 0.440 e. The number of hydrogen-bond donors (Lipinski definition) is 0. The van der Waals surface area contributed by atoms with Gasteiger partial charge in [-0.05, 0) is 69.1 Å². The Morgan fingerprint density at radius 2 is 2.03 bits per heavy atom. The summed E-state index contributed by atoms with van der Waals surface area (Å²) in [5.41, 5.74) is 3.03.